The van der Waals surface area contributed by atoms with Gasteiger partial charge in [-0.05, 0) is 26.0 Å². The first kappa shape index (κ1) is 21.0. The van der Waals surface area contributed by atoms with Gasteiger partial charge in [0, 0.05) is 7.05 Å². The number of alkyl halides is 3. The normalized spacial score (nSPS) is 12.1. The number of aliphatic carboxylic acids is 1. The minimum Gasteiger partial charge on any atom is -0.478 e. The summed E-state index contributed by atoms with van der Waals surface area (Å²) in [5, 5.41) is 11.8. The molecule has 0 atom stereocenters. The van der Waals surface area contributed by atoms with E-state index in [0.29, 0.717) is 4.68 Å². The summed E-state index contributed by atoms with van der Waals surface area (Å²) in [5.41, 5.74) is -4.04. The van der Waals surface area contributed by atoms with E-state index in [9.17, 15) is 22.8 Å². The Balaban J connectivity index is 2.50. The SMILES string of the molecule is Cn1nc(-c2ccc(Cl)c(C(=O)OC(C)(C)C(=O)O)n2)c(Cl)c1C(F)(F)F. The number of carbonyl (C=O) groups excluding carboxylic acids is 1. The zero-order valence-corrected chi connectivity index (χ0v) is 15.6. The largest absolute Gasteiger partial charge is 0.478 e. The molecule has 2 aromatic rings. The maximum atomic E-state index is 13.1. The molecular weight excluding hydrogens is 414 g/mol. The Kier molecular flexibility index (Phi) is 5.44. The molecule has 27 heavy (non-hydrogen) atoms. The molecule has 0 aliphatic rings. The maximum Gasteiger partial charge on any atom is 0.434 e. The lowest BCUT2D eigenvalue weighted by Gasteiger charge is -2.19. The van der Waals surface area contributed by atoms with Crippen LogP contribution in [0.1, 0.15) is 30.0 Å². The number of carbonyl (C=O) groups is 2. The molecule has 2 rings (SSSR count). The van der Waals surface area contributed by atoms with Crippen LogP contribution < -0.4 is 0 Å². The lowest BCUT2D eigenvalue weighted by Crippen LogP contribution is -2.37. The zero-order chi connectivity index (χ0) is 20.7. The minimum atomic E-state index is -4.75. The molecule has 0 aliphatic carbocycles. The third-order valence-electron chi connectivity index (χ3n) is 3.40. The quantitative estimate of drug-likeness (QED) is 0.748. The van der Waals surface area contributed by atoms with Crippen LogP contribution in [0.2, 0.25) is 10.0 Å². The van der Waals surface area contributed by atoms with Gasteiger partial charge in [0.1, 0.15) is 10.7 Å². The molecule has 0 aliphatic heterocycles. The van der Waals surface area contributed by atoms with Crippen LogP contribution in [0.5, 0.6) is 0 Å². The number of esters is 1. The molecule has 146 valence electrons. The standard InChI is InChI=1S/C15H12Cl2F3N3O4/c1-14(2,13(25)26)27-12(24)9-6(16)4-5-7(21-9)10-8(17)11(15(18,19)20)23(3)22-10/h4-5H,1-3H3,(H,25,26). The van der Waals surface area contributed by atoms with Crippen molar-refractivity contribution in [1.29, 1.82) is 0 Å². The van der Waals surface area contributed by atoms with E-state index in [0.717, 1.165) is 20.9 Å². The van der Waals surface area contributed by atoms with E-state index in [1.807, 2.05) is 0 Å². The molecular formula is C15H12Cl2F3N3O4. The molecule has 12 heteroatoms. The lowest BCUT2D eigenvalue weighted by atomic mass is 10.1. The molecule has 0 saturated heterocycles. The number of carboxylic acids is 1. The van der Waals surface area contributed by atoms with Gasteiger partial charge in [0.25, 0.3) is 0 Å². The van der Waals surface area contributed by atoms with Crippen LogP contribution in [0.4, 0.5) is 13.2 Å². The molecule has 0 radical (unpaired) electrons. The third kappa shape index (κ3) is 4.16. The van der Waals surface area contributed by atoms with Crippen molar-refractivity contribution in [3.8, 4) is 11.4 Å². The number of ether oxygens (including phenoxy) is 1. The second-order valence-electron chi connectivity index (χ2n) is 5.86. The Hall–Kier alpha value is -2.33. The molecule has 0 amide bonds. The van der Waals surface area contributed by atoms with E-state index < -0.39 is 40.1 Å². The van der Waals surface area contributed by atoms with Gasteiger partial charge in [-0.3, -0.25) is 4.68 Å². The van der Waals surface area contributed by atoms with Crippen LogP contribution >= 0.6 is 23.2 Å². The Bertz CT molecular complexity index is 926. The van der Waals surface area contributed by atoms with Gasteiger partial charge in [-0.15, -0.1) is 0 Å². The number of carboxylic acid groups (broad SMARTS) is 1. The maximum absolute atomic E-state index is 13.1. The number of aryl methyl sites for hydroxylation is 1. The van der Waals surface area contributed by atoms with Crippen molar-refractivity contribution in [2.24, 2.45) is 7.05 Å². The van der Waals surface area contributed by atoms with Gasteiger partial charge in [-0.2, -0.15) is 18.3 Å². The van der Waals surface area contributed by atoms with Gasteiger partial charge < -0.3 is 9.84 Å². The predicted octanol–water partition coefficient (Wildman–Crippen LogP) is 3.83. The van der Waals surface area contributed by atoms with Crippen molar-refractivity contribution in [3.05, 3.63) is 33.6 Å². The fourth-order valence-electron chi connectivity index (χ4n) is 2.01. The number of rotatable bonds is 4. The average molecular weight is 426 g/mol. The lowest BCUT2D eigenvalue weighted by molar-refractivity contribution is -0.155. The van der Waals surface area contributed by atoms with Gasteiger partial charge in [0.05, 0.1) is 10.7 Å². The number of hydrogen-bond donors (Lipinski definition) is 1. The molecule has 2 aromatic heterocycles. The van der Waals surface area contributed by atoms with Crippen LogP contribution in [0, 0.1) is 0 Å². The Morgan fingerprint density at radius 2 is 1.81 bits per heavy atom. The summed E-state index contributed by atoms with van der Waals surface area (Å²) in [7, 11) is 1.05. The van der Waals surface area contributed by atoms with Gasteiger partial charge in [0.15, 0.2) is 11.4 Å². The summed E-state index contributed by atoms with van der Waals surface area (Å²) >= 11 is 11.7. The van der Waals surface area contributed by atoms with Crippen LogP contribution in [-0.4, -0.2) is 37.4 Å². The Morgan fingerprint density at radius 3 is 2.30 bits per heavy atom. The van der Waals surface area contributed by atoms with Gasteiger partial charge in [-0.1, -0.05) is 23.2 Å². The first-order valence-corrected chi connectivity index (χ1v) is 7.94. The van der Waals surface area contributed by atoms with Crippen LogP contribution in [-0.2, 0) is 22.8 Å². The van der Waals surface area contributed by atoms with E-state index >= 15 is 0 Å². The number of hydrogen-bond acceptors (Lipinski definition) is 5. The van der Waals surface area contributed by atoms with Crippen molar-refractivity contribution >= 4 is 35.1 Å². The van der Waals surface area contributed by atoms with Crippen LogP contribution in [0.15, 0.2) is 12.1 Å². The molecule has 0 unspecified atom stereocenters. The topological polar surface area (TPSA) is 94.3 Å². The first-order chi connectivity index (χ1) is 12.3. The zero-order valence-electron chi connectivity index (χ0n) is 14.1. The number of pyridine rings is 1. The summed E-state index contributed by atoms with van der Waals surface area (Å²) in [6, 6.07) is 2.41. The molecule has 0 saturated carbocycles. The summed E-state index contributed by atoms with van der Waals surface area (Å²) < 4.78 is 44.6. The molecule has 2 heterocycles. The molecule has 0 fully saturated rings. The fourth-order valence-corrected chi connectivity index (χ4v) is 2.56. The first-order valence-electron chi connectivity index (χ1n) is 7.19. The number of halogens is 5. The van der Waals surface area contributed by atoms with Crippen molar-refractivity contribution in [2.75, 3.05) is 0 Å². The molecule has 0 bridgehead atoms. The van der Waals surface area contributed by atoms with E-state index in [1.54, 1.807) is 0 Å². The van der Waals surface area contributed by atoms with Crippen molar-refractivity contribution in [3.63, 3.8) is 0 Å². The van der Waals surface area contributed by atoms with Gasteiger partial charge >= 0.3 is 18.1 Å². The predicted molar refractivity (Wildman–Crippen MR) is 88.6 cm³/mol. The van der Waals surface area contributed by atoms with E-state index in [1.165, 1.54) is 12.1 Å². The van der Waals surface area contributed by atoms with Crippen LogP contribution in [0.25, 0.3) is 11.4 Å². The summed E-state index contributed by atoms with van der Waals surface area (Å²) in [4.78, 5) is 27.1. The second-order valence-corrected chi connectivity index (χ2v) is 6.65. The molecule has 7 nitrogen and oxygen atoms in total. The smallest absolute Gasteiger partial charge is 0.434 e. The van der Waals surface area contributed by atoms with E-state index in [4.69, 9.17) is 33.0 Å². The summed E-state index contributed by atoms with van der Waals surface area (Å²) in [6.07, 6.45) is -4.75. The molecule has 0 aromatic carbocycles. The van der Waals surface area contributed by atoms with Crippen molar-refractivity contribution in [1.82, 2.24) is 14.8 Å². The van der Waals surface area contributed by atoms with Crippen LogP contribution in [0.3, 0.4) is 0 Å². The highest BCUT2D eigenvalue weighted by molar-refractivity contribution is 6.34. The van der Waals surface area contributed by atoms with Crippen molar-refractivity contribution < 1.29 is 32.6 Å². The second kappa shape index (κ2) is 7.01. The highest BCUT2D eigenvalue weighted by atomic mass is 35.5. The number of aromatic nitrogens is 3. The van der Waals surface area contributed by atoms with Crippen molar-refractivity contribution in [2.45, 2.75) is 25.6 Å². The van der Waals surface area contributed by atoms with E-state index in [-0.39, 0.29) is 16.4 Å². The number of nitrogens with zero attached hydrogens (tertiary/aromatic N) is 3. The van der Waals surface area contributed by atoms with Gasteiger partial charge in [-0.25, -0.2) is 14.6 Å². The van der Waals surface area contributed by atoms with E-state index in [2.05, 4.69) is 10.1 Å². The summed E-state index contributed by atoms with van der Waals surface area (Å²) in [5.74, 6) is -2.58. The Morgan fingerprint density at radius 1 is 1.22 bits per heavy atom. The highest BCUT2D eigenvalue weighted by Gasteiger charge is 2.39. The third-order valence-corrected chi connectivity index (χ3v) is 4.07. The average Bonchev–Trinajstić information content (AvgIpc) is 2.81. The highest BCUT2D eigenvalue weighted by Crippen LogP contribution is 2.39. The Labute approximate surface area is 160 Å². The molecule has 0 spiro atoms. The molecule has 1 N–H and O–H groups in total. The monoisotopic (exact) mass is 425 g/mol. The van der Waals surface area contributed by atoms with Gasteiger partial charge in [0.2, 0.25) is 5.60 Å². The minimum absolute atomic E-state index is 0.171. The fraction of sp³-hybridized carbons (Fsp3) is 0.333. The summed E-state index contributed by atoms with van der Waals surface area (Å²) in [6.45, 7) is 2.27.